The van der Waals surface area contributed by atoms with Crippen molar-refractivity contribution in [1.29, 1.82) is 0 Å². The summed E-state index contributed by atoms with van der Waals surface area (Å²) in [4.78, 5) is 24.1. The molecule has 4 nitrogen and oxygen atoms in total. The van der Waals surface area contributed by atoms with Crippen LogP contribution in [0.4, 0.5) is 4.39 Å². The predicted molar refractivity (Wildman–Crippen MR) is 91.9 cm³/mol. The molecule has 6 heteroatoms. The van der Waals surface area contributed by atoms with Crippen LogP contribution in [0.15, 0.2) is 53.0 Å². The van der Waals surface area contributed by atoms with Crippen molar-refractivity contribution in [2.24, 2.45) is 0 Å². The van der Waals surface area contributed by atoms with Crippen LogP contribution in [-0.4, -0.2) is 25.0 Å². The Morgan fingerprint density at radius 3 is 2.25 bits per heavy atom. The fourth-order valence-corrected chi connectivity index (χ4v) is 2.49. The van der Waals surface area contributed by atoms with Gasteiger partial charge in [-0.1, -0.05) is 40.2 Å². The summed E-state index contributed by atoms with van der Waals surface area (Å²) >= 11 is 3.35. The zero-order valence-corrected chi connectivity index (χ0v) is 14.7. The quantitative estimate of drug-likeness (QED) is 0.767. The average molecular weight is 394 g/mol. The summed E-state index contributed by atoms with van der Waals surface area (Å²) in [5, 5.41) is 2.67. The fraction of sp³-hybridized carbons (Fsp3) is 0.222. The molecule has 0 aliphatic carbocycles. The third-order valence-electron chi connectivity index (χ3n) is 3.45. The van der Waals surface area contributed by atoms with Gasteiger partial charge in [-0.15, -0.1) is 0 Å². The van der Waals surface area contributed by atoms with Crippen LogP contribution in [-0.2, 0) is 27.2 Å². The Bertz CT molecular complexity index is 701. The summed E-state index contributed by atoms with van der Waals surface area (Å²) in [5.74, 6) is -1.19. The molecule has 1 atom stereocenters. The zero-order chi connectivity index (χ0) is 17.5. The third kappa shape index (κ3) is 5.45. The number of esters is 1. The molecule has 1 N–H and O–H groups in total. The average Bonchev–Trinajstić information content (AvgIpc) is 2.57. The van der Waals surface area contributed by atoms with Crippen LogP contribution >= 0.6 is 15.9 Å². The molecule has 2 aromatic carbocycles. The molecule has 0 bridgehead atoms. The molecule has 0 saturated carbocycles. The lowest BCUT2D eigenvalue weighted by molar-refractivity contribution is -0.145. The lowest BCUT2D eigenvalue weighted by atomic mass is 10.1. The Labute approximate surface area is 148 Å². The molecule has 0 aromatic heterocycles. The van der Waals surface area contributed by atoms with Gasteiger partial charge in [0.15, 0.2) is 0 Å². The largest absolute Gasteiger partial charge is 0.467 e. The summed E-state index contributed by atoms with van der Waals surface area (Å²) in [7, 11) is 1.28. The lowest BCUT2D eigenvalue weighted by Gasteiger charge is -2.17. The van der Waals surface area contributed by atoms with Crippen molar-refractivity contribution in [2.45, 2.75) is 18.9 Å². The number of rotatable bonds is 6. The molecular weight excluding hydrogens is 377 g/mol. The molecular formula is C18H17BrFNO3. The van der Waals surface area contributed by atoms with Gasteiger partial charge in [0.1, 0.15) is 11.9 Å². The molecule has 0 fully saturated rings. The van der Waals surface area contributed by atoms with E-state index in [4.69, 9.17) is 4.74 Å². The van der Waals surface area contributed by atoms with E-state index in [9.17, 15) is 14.0 Å². The molecule has 2 aromatic rings. The number of methoxy groups -OCH3 is 1. The van der Waals surface area contributed by atoms with Crippen molar-refractivity contribution in [3.63, 3.8) is 0 Å². The van der Waals surface area contributed by atoms with E-state index < -0.39 is 12.0 Å². The number of halogens is 2. The van der Waals surface area contributed by atoms with Crippen LogP contribution in [0.2, 0.25) is 0 Å². The first kappa shape index (κ1) is 18.1. The number of nitrogens with one attached hydrogen (secondary N) is 1. The summed E-state index contributed by atoms with van der Waals surface area (Å²) in [6.07, 6.45) is 0.392. The fourth-order valence-electron chi connectivity index (χ4n) is 2.22. The van der Waals surface area contributed by atoms with Crippen molar-refractivity contribution in [1.82, 2.24) is 5.32 Å². The van der Waals surface area contributed by atoms with E-state index in [1.807, 2.05) is 24.3 Å². The van der Waals surface area contributed by atoms with E-state index in [0.717, 1.165) is 10.0 Å². The number of ether oxygens (including phenoxy) is 1. The first-order valence-corrected chi connectivity index (χ1v) is 8.13. The zero-order valence-electron chi connectivity index (χ0n) is 13.1. The molecule has 1 amide bonds. The molecule has 126 valence electrons. The van der Waals surface area contributed by atoms with Crippen molar-refractivity contribution in [3.8, 4) is 0 Å². The number of hydrogen-bond donors (Lipinski definition) is 1. The van der Waals surface area contributed by atoms with Gasteiger partial charge in [-0.25, -0.2) is 9.18 Å². The van der Waals surface area contributed by atoms with E-state index in [1.54, 1.807) is 0 Å². The SMILES string of the molecule is COC(=O)[C@@H](Cc1ccc(Br)cc1)NC(=O)Cc1ccc(F)cc1. The van der Waals surface area contributed by atoms with Crippen LogP contribution in [0.25, 0.3) is 0 Å². The molecule has 0 saturated heterocycles. The van der Waals surface area contributed by atoms with Gasteiger partial charge in [0.2, 0.25) is 5.91 Å². The number of amides is 1. The first-order valence-electron chi connectivity index (χ1n) is 7.34. The summed E-state index contributed by atoms with van der Waals surface area (Å²) in [5.41, 5.74) is 1.57. The third-order valence-corrected chi connectivity index (χ3v) is 3.98. The van der Waals surface area contributed by atoms with Crippen molar-refractivity contribution in [3.05, 3.63) is 69.9 Å². The minimum absolute atomic E-state index is 0.0636. The second-order valence-electron chi connectivity index (χ2n) is 5.28. The summed E-state index contributed by atoms with van der Waals surface area (Å²) in [6.45, 7) is 0. The minimum Gasteiger partial charge on any atom is -0.467 e. The number of carbonyl (C=O) groups excluding carboxylic acids is 2. The smallest absolute Gasteiger partial charge is 0.328 e. The molecule has 0 spiro atoms. The molecule has 0 aliphatic rings. The Morgan fingerprint density at radius 1 is 1.08 bits per heavy atom. The van der Waals surface area contributed by atoms with Gasteiger partial charge in [-0.2, -0.15) is 0 Å². The highest BCUT2D eigenvalue weighted by Gasteiger charge is 2.22. The van der Waals surface area contributed by atoms with E-state index in [1.165, 1.54) is 31.4 Å². The highest BCUT2D eigenvalue weighted by molar-refractivity contribution is 9.10. The Morgan fingerprint density at radius 2 is 1.67 bits per heavy atom. The van der Waals surface area contributed by atoms with Gasteiger partial charge in [0.05, 0.1) is 13.5 Å². The summed E-state index contributed by atoms with van der Waals surface area (Å²) < 4.78 is 18.6. The number of benzene rings is 2. The Hall–Kier alpha value is -2.21. The van der Waals surface area contributed by atoms with Crippen molar-refractivity contribution < 1.29 is 18.7 Å². The van der Waals surface area contributed by atoms with E-state index in [2.05, 4.69) is 21.2 Å². The predicted octanol–water partition coefficient (Wildman–Crippen LogP) is 3.03. The van der Waals surface area contributed by atoms with Crippen molar-refractivity contribution in [2.75, 3.05) is 7.11 Å². The van der Waals surface area contributed by atoms with Gasteiger partial charge in [0.25, 0.3) is 0 Å². The normalized spacial score (nSPS) is 11.6. The highest BCUT2D eigenvalue weighted by Crippen LogP contribution is 2.12. The Balaban J connectivity index is 2.02. The van der Waals surface area contributed by atoms with Gasteiger partial charge < -0.3 is 10.1 Å². The number of carbonyl (C=O) groups is 2. The van der Waals surface area contributed by atoms with E-state index in [0.29, 0.717) is 12.0 Å². The van der Waals surface area contributed by atoms with Crippen LogP contribution in [0.1, 0.15) is 11.1 Å². The standard InChI is InChI=1S/C18H17BrFNO3/c1-24-18(23)16(10-12-2-6-14(19)7-3-12)21-17(22)11-13-4-8-15(20)9-5-13/h2-9,16H,10-11H2,1H3,(H,21,22)/t16-/m1/s1. The lowest BCUT2D eigenvalue weighted by Crippen LogP contribution is -2.43. The van der Waals surface area contributed by atoms with Crippen LogP contribution < -0.4 is 5.32 Å². The second kappa shape index (κ2) is 8.59. The molecule has 0 radical (unpaired) electrons. The first-order chi connectivity index (χ1) is 11.5. The topological polar surface area (TPSA) is 55.4 Å². The minimum atomic E-state index is -0.774. The van der Waals surface area contributed by atoms with Gasteiger partial charge in [0, 0.05) is 10.9 Å². The highest BCUT2D eigenvalue weighted by atomic mass is 79.9. The van der Waals surface area contributed by atoms with Gasteiger partial charge >= 0.3 is 5.97 Å². The molecule has 2 rings (SSSR count). The number of hydrogen-bond acceptors (Lipinski definition) is 3. The summed E-state index contributed by atoms with van der Waals surface area (Å²) in [6, 6.07) is 12.4. The van der Waals surface area contributed by atoms with Gasteiger partial charge in [-0.3, -0.25) is 4.79 Å². The second-order valence-corrected chi connectivity index (χ2v) is 6.19. The van der Waals surface area contributed by atoms with Crippen LogP contribution in [0.5, 0.6) is 0 Å². The Kier molecular flexibility index (Phi) is 6.49. The maximum Gasteiger partial charge on any atom is 0.328 e. The maximum absolute atomic E-state index is 12.9. The molecule has 0 unspecified atom stereocenters. The monoisotopic (exact) mass is 393 g/mol. The van der Waals surface area contributed by atoms with Gasteiger partial charge in [-0.05, 0) is 35.4 Å². The van der Waals surface area contributed by atoms with Crippen LogP contribution in [0.3, 0.4) is 0 Å². The van der Waals surface area contributed by atoms with E-state index in [-0.39, 0.29) is 18.1 Å². The van der Waals surface area contributed by atoms with Crippen LogP contribution in [0, 0.1) is 5.82 Å². The van der Waals surface area contributed by atoms with Crippen molar-refractivity contribution >= 4 is 27.8 Å². The molecule has 0 aliphatic heterocycles. The molecule has 0 heterocycles. The maximum atomic E-state index is 12.9. The molecule has 24 heavy (non-hydrogen) atoms. The van der Waals surface area contributed by atoms with E-state index >= 15 is 0 Å².